The van der Waals surface area contributed by atoms with Crippen LogP contribution in [-0.2, 0) is 11.3 Å². The van der Waals surface area contributed by atoms with E-state index in [2.05, 4.69) is 4.90 Å². The molecule has 1 aromatic rings. The number of hydrogen-bond donors (Lipinski definition) is 1. The molecule has 0 saturated carbocycles. The van der Waals surface area contributed by atoms with Gasteiger partial charge in [0.2, 0.25) is 0 Å². The lowest BCUT2D eigenvalue weighted by Crippen LogP contribution is -2.36. The van der Waals surface area contributed by atoms with Crippen LogP contribution in [0.15, 0.2) is 6.07 Å². The minimum Gasteiger partial charge on any atom is -0.480 e. The topological polar surface area (TPSA) is 43.8 Å². The second-order valence-electron chi connectivity index (χ2n) is 5.52. The van der Waals surface area contributed by atoms with Gasteiger partial charge in [0.15, 0.2) is 0 Å². The van der Waals surface area contributed by atoms with Crippen LogP contribution < -0.4 is 0 Å². The lowest BCUT2D eigenvalue weighted by Gasteiger charge is -2.25. The summed E-state index contributed by atoms with van der Waals surface area (Å²) in [7, 11) is 1.89. The summed E-state index contributed by atoms with van der Waals surface area (Å²) in [6.45, 7) is 2.90. The number of rotatable bonds is 5. The molecule has 1 atom stereocenters. The summed E-state index contributed by atoms with van der Waals surface area (Å²) < 4.78 is 1.49. The molecule has 2 heterocycles. The highest BCUT2D eigenvalue weighted by molar-refractivity contribution is 7.20. The van der Waals surface area contributed by atoms with Gasteiger partial charge in [-0.3, -0.25) is 14.6 Å². The zero-order valence-corrected chi connectivity index (χ0v) is 14.3. The standard InChI is InChI=1S/C14H20Cl2N2O2S/c1-17(9-13(19)20)11-3-2-5-18(6-4-11)8-10-7-12(15)21-14(10)16/h7,11H,2-6,8-9H2,1H3,(H,19,20). The van der Waals surface area contributed by atoms with Gasteiger partial charge in [-0.2, -0.15) is 0 Å². The van der Waals surface area contributed by atoms with Crippen molar-refractivity contribution in [1.29, 1.82) is 0 Å². The fraction of sp³-hybridized carbons (Fsp3) is 0.643. The third-order valence-corrected chi connectivity index (χ3v) is 5.49. The van der Waals surface area contributed by atoms with E-state index in [9.17, 15) is 4.79 Å². The van der Waals surface area contributed by atoms with Gasteiger partial charge in [-0.05, 0) is 51.0 Å². The Hall–Kier alpha value is -0.330. The van der Waals surface area contributed by atoms with Crippen LogP contribution >= 0.6 is 34.5 Å². The zero-order valence-electron chi connectivity index (χ0n) is 12.0. The summed E-state index contributed by atoms with van der Waals surface area (Å²) in [4.78, 5) is 15.1. The van der Waals surface area contributed by atoms with Crippen molar-refractivity contribution >= 4 is 40.5 Å². The molecule has 1 fully saturated rings. The van der Waals surface area contributed by atoms with Crippen LogP contribution in [0.4, 0.5) is 0 Å². The van der Waals surface area contributed by atoms with Gasteiger partial charge in [-0.25, -0.2) is 0 Å². The van der Waals surface area contributed by atoms with Crippen molar-refractivity contribution in [3.8, 4) is 0 Å². The molecular formula is C14H20Cl2N2O2S. The molecule has 0 aliphatic carbocycles. The van der Waals surface area contributed by atoms with Crippen LogP contribution in [0, 0.1) is 0 Å². The van der Waals surface area contributed by atoms with Gasteiger partial charge < -0.3 is 5.11 Å². The van der Waals surface area contributed by atoms with Gasteiger partial charge in [0.05, 0.1) is 15.2 Å². The molecule has 1 aliphatic heterocycles. The van der Waals surface area contributed by atoms with E-state index in [0.29, 0.717) is 6.04 Å². The maximum atomic E-state index is 10.8. The third-order valence-electron chi connectivity index (χ3n) is 3.92. The van der Waals surface area contributed by atoms with Gasteiger partial charge in [0.25, 0.3) is 0 Å². The molecule has 4 nitrogen and oxygen atoms in total. The van der Waals surface area contributed by atoms with Gasteiger partial charge in [0, 0.05) is 12.6 Å². The Balaban J connectivity index is 1.88. The first-order valence-electron chi connectivity index (χ1n) is 7.04. The molecule has 1 aliphatic rings. The van der Waals surface area contributed by atoms with Crippen LogP contribution in [0.25, 0.3) is 0 Å². The third kappa shape index (κ3) is 5.11. The Morgan fingerprint density at radius 1 is 1.48 bits per heavy atom. The molecule has 0 aromatic carbocycles. The van der Waals surface area contributed by atoms with Gasteiger partial charge in [0.1, 0.15) is 0 Å². The predicted octanol–water partition coefficient (Wildman–Crippen LogP) is 3.43. The fourth-order valence-electron chi connectivity index (χ4n) is 2.80. The van der Waals surface area contributed by atoms with Crippen molar-refractivity contribution in [3.63, 3.8) is 0 Å². The first-order valence-corrected chi connectivity index (χ1v) is 8.61. The molecule has 0 radical (unpaired) electrons. The second-order valence-corrected chi connectivity index (χ2v) is 7.80. The Bertz CT molecular complexity index is 495. The molecule has 118 valence electrons. The van der Waals surface area contributed by atoms with Crippen molar-refractivity contribution in [1.82, 2.24) is 9.80 Å². The molecule has 1 aromatic heterocycles. The maximum absolute atomic E-state index is 10.8. The van der Waals surface area contributed by atoms with Gasteiger partial charge >= 0.3 is 5.97 Å². The summed E-state index contributed by atoms with van der Waals surface area (Å²) in [5.41, 5.74) is 1.09. The van der Waals surface area contributed by atoms with E-state index in [0.717, 1.165) is 53.1 Å². The molecule has 2 rings (SSSR count). The molecule has 0 amide bonds. The lowest BCUT2D eigenvalue weighted by atomic mass is 10.1. The predicted molar refractivity (Wildman–Crippen MR) is 87.5 cm³/mol. The monoisotopic (exact) mass is 350 g/mol. The number of halogens is 2. The minimum atomic E-state index is -0.765. The van der Waals surface area contributed by atoms with Crippen LogP contribution in [-0.4, -0.2) is 53.6 Å². The van der Waals surface area contributed by atoms with Crippen molar-refractivity contribution in [2.75, 3.05) is 26.7 Å². The second kappa shape index (κ2) is 7.79. The number of nitrogens with zero attached hydrogens (tertiary/aromatic N) is 2. The van der Waals surface area contributed by atoms with E-state index in [-0.39, 0.29) is 6.54 Å². The highest BCUT2D eigenvalue weighted by atomic mass is 35.5. The Morgan fingerprint density at radius 2 is 2.24 bits per heavy atom. The van der Waals surface area contributed by atoms with Crippen LogP contribution in [0.3, 0.4) is 0 Å². The van der Waals surface area contributed by atoms with E-state index in [4.69, 9.17) is 28.3 Å². The first-order chi connectivity index (χ1) is 9.95. The molecule has 1 N–H and O–H groups in total. The van der Waals surface area contributed by atoms with E-state index in [1.165, 1.54) is 11.3 Å². The summed E-state index contributed by atoms with van der Waals surface area (Å²) in [5, 5.41) is 8.89. The van der Waals surface area contributed by atoms with Crippen molar-refractivity contribution in [2.24, 2.45) is 0 Å². The maximum Gasteiger partial charge on any atom is 0.317 e. The number of carbonyl (C=O) groups is 1. The minimum absolute atomic E-state index is 0.108. The zero-order chi connectivity index (χ0) is 15.4. The van der Waals surface area contributed by atoms with Crippen LogP contribution in [0.2, 0.25) is 8.67 Å². The van der Waals surface area contributed by atoms with Crippen LogP contribution in [0.1, 0.15) is 24.8 Å². The summed E-state index contributed by atoms with van der Waals surface area (Å²) in [5.74, 6) is -0.765. The summed E-state index contributed by atoms with van der Waals surface area (Å²) >= 11 is 13.6. The Kier molecular flexibility index (Phi) is 6.32. The quantitative estimate of drug-likeness (QED) is 0.883. The van der Waals surface area contributed by atoms with Crippen molar-refractivity contribution in [3.05, 3.63) is 20.3 Å². The number of likely N-dealkylation sites (N-methyl/N-ethyl adjacent to an activating group) is 1. The highest BCUT2D eigenvalue weighted by Crippen LogP contribution is 2.32. The largest absolute Gasteiger partial charge is 0.480 e. The van der Waals surface area contributed by atoms with E-state index < -0.39 is 5.97 Å². The molecule has 21 heavy (non-hydrogen) atoms. The van der Waals surface area contributed by atoms with E-state index in [1.807, 2.05) is 18.0 Å². The number of carboxylic acid groups (broad SMARTS) is 1. The van der Waals surface area contributed by atoms with Crippen LogP contribution in [0.5, 0.6) is 0 Å². The molecule has 1 unspecified atom stereocenters. The van der Waals surface area contributed by atoms with E-state index >= 15 is 0 Å². The van der Waals surface area contributed by atoms with Gasteiger partial charge in [-0.1, -0.05) is 23.2 Å². The molecule has 1 saturated heterocycles. The fourth-order valence-corrected chi connectivity index (χ4v) is 4.27. The molecule has 7 heteroatoms. The Morgan fingerprint density at radius 3 is 2.86 bits per heavy atom. The molecular weight excluding hydrogens is 331 g/mol. The number of likely N-dealkylation sites (tertiary alicyclic amines) is 1. The smallest absolute Gasteiger partial charge is 0.317 e. The van der Waals surface area contributed by atoms with Gasteiger partial charge in [-0.15, -0.1) is 11.3 Å². The number of aliphatic carboxylic acids is 1. The molecule has 0 bridgehead atoms. The number of carboxylic acids is 1. The van der Waals surface area contributed by atoms with E-state index in [1.54, 1.807) is 0 Å². The lowest BCUT2D eigenvalue weighted by molar-refractivity contribution is -0.138. The van der Waals surface area contributed by atoms with Crippen molar-refractivity contribution < 1.29 is 9.90 Å². The normalized spacial score (nSPS) is 20.7. The highest BCUT2D eigenvalue weighted by Gasteiger charge is 2.22. The molecule has 0 spiro atoms. The van der Waals surface area contributed by atoms with Crippen molar-refractivity contribution in [2.45, 2.75) is 31.8 Å². The average Bonchev–Trinajstić information content (AvgIpc) is 2.61. The SMILES string of the molecule is CN(CC(=O)O)C1CCCN(Cc2cc(Cl)sc2Cl)CC1. The number of hydrogen-bond acceptors (Lipinski definition) is 4. The Labute approximate surface area is 139 Å². The summed E-state index contributed by atoms with van der Waals surface area (Å²) in [6, 6.07) is 2.28. The average molecular weight is 351 g/mol. The first kappa shape index (κ1) is 17.0. The number of thiophene rings is 1. The summed E-state index contributed by atoms with van der Waals surface area (Å²) in [6.07, 6.45) is 3.10.